The molecule has 0 radical (unpaired) electrons. The van der Waals surface area contributed by atoms with Crippen LogP contribution in [0, 0.1) is 0 Å². The molecule has 0 aliphatic rings. The second-order valence-corrected chi connectivity index (χ2v) is 6.91. The molecular formula is C13H13N7O2S2. The monoisotopic (exact) mass is 363 g/mol. The molecular weight excluding hydrogens is 350 g/mol. The highest BCUT2D eigenvalue weighted by molar-refractivity contribution is 8.01. The van der Waals surface area contributed by atoms with Crippen molar-refractivity contribution >= 4 is 34.1 Å². The molecule has 0 aromatic carbocycles. The van der Waals surface area contributed by atoms with Gasteiger partial charge in [-0.05, 0) is 19.1 Å². The molecule has 3 aromatic heterocycles. The van der Waals surface area contributed by atoms with Crippen LogP contribution in [0.4, 0.5) is 5.13 Å². The molecule has 11 heteroatoms. The fourth-order valence-corrected chi connectivity index (χ4v) is 3.22. The standard InChI is InChI=1S/C13H13N7O2S2/c1-7(16-9(21)6-23-13-19-18-12(14)24-13)11-17-10(20-22-11)8-3-2-4-15-5-8/h2-5,7H,6H2,1H3,(H2,14,18)(H,16,21). The lowest BCUT2D eigenvalue weighted by Gasteiger charge is -2.08. The van der Waals surface area contributed by atoms with E-state index in [1.807, 2.05) is 6.07 Å². The van der Waals surface area contributed by atoms with Crippen LogP contribution in [0.5, 0.6) is 0 Å². The van der Waals surface area contributed by atoms with Crippen LogP contribution >= 0.6 is 23.1 Å². The van der Waals surface area contributed by atoms with Gasteiger partial charge in [0.2, 0.25) is 22.8 Å². The highest BCUT2D eigenvalue weighted by Crippen LogP contribution is 2.23. The van der Waals surface area contributed by atoms with Crippen molar-refractivity contribution in [2.45, 2.75) is 17.3 Å². The SMILES string of the molecule is CC(NC(=O)CSc1nnc(N)s1)c1nc(-c2cccnc2)no1. The summed E-state index contributed by atoms with van der Waals surface area (Å²) in [7, 11) is 0. The van der Waals surface area contributed by atoms with E-state index < -0.39 is 6.04 Å². The summed E-state index contributed by atoms with van der Waals surface area (Å²) in [5, 5.41) is 14.6. The van der Waals surface area contributed by atoms with E-state index in [9.17, 15) is 4.79 Å². The summed E-state index contributed by atoms with van der Waals surface area (Å²) in [4.78, 5) is 20.3. The van der Waals surface area contributed by atoms with Crippen molar-refractivity contribution in [3.8, 4) is 11.4 Å². The highest BCUT2D eigenvalue weighted by Gasteiger charge is 2.18. The lowest BCUT2D eigenvalue weighted by atomic mass is 10.3. The van der Waals surface area contributed by atoms with E-state index in [1.165, 1.54) is 23.1 Å². The van der Waals surface area contributed by atoms with Gasteiger partial charge in [-0.15, -0.1) is 10.2 Å². The summed E-state index contributed by atoms with van der Waals surface area (Å²) in [6.07, 6.45) is 3.30. The number of nitrogens with zero attached hydrogens (tertiary/aromatic N) is 5. The number of anilines is 1. The predicted octanol–water partition coefficient (Wildman–Crippen LogP) is 1.53. The van der Waals surface area contributed by atoms with Crippen molar-refractivity contribution in [1.29, 1.82) is 0 Å². The number of hydrogen-bond acceptors (Lipinski definition) is 10. The number of thioether (sulfide) groups is 1. The molecule has 9 nitrogen and oxygen atoms in total. The number of rotatable bonds is 6. The van der Waals surface area contributed by atoms with E-state index >= 15 is 0 Å². The van der Waals surface area contributed by atoms with Crippen molar-refractivity contribution < 1.29 is 9.32 Å². The zero-order valence-electron chi connectivity index (χ0n) is 12.5. The molecule has 0 saturated carbocycles. The Morgan fingerprint density at radius 3 is 3.08 bits per heavy atom. The van der Waals surface area contributed by atoms with Crippen LogP contribution in [0.2, 0.25) is 0 Å². The molecule has 0 aliphatic heterocycles. The third-order valence-corrected chi connectivity index (χ3v) is 4.74. The van der Waals surface area contributed by atoms with E-state index in [-0.39, 0.29) is 11.7 Å². The van der Waals surface area contributed by atoms with Crippen LogP contribution in [0.25, 0.3) is 11.4 Å². The van der Waals surface area contributed by atoms with Gasteiger partial charge in [0.05, 0.1) is 5.75 Å². The Balaban J connectivity index is 1.55. The first kappa shape index (κ1) is 16.3. The van der Waals surface area contributed by atoms with Crippen molar-refractivity contribution in [2.24, 2.45) is 0 Å². The number of carbonyl (C=O) groups is 1. The predicted molar refractivity (Wildman–Crippen MR) is 89.1 cm³/mol. The number of aromatic nitrogens is 5. The second kappa shape index (κ2) is 7.36. The van der Waals surface area contributed by atoms with Gasteiger partial charge in [-0.3, -0.25) is 9.78 Å². The second-order valence-electron chi connectivity index (χ2n) is 4.68. The topological polar surface area (TPSA) is 133 Å². The molecule has 1 unspecified atom stereocenters. The van der Waals surface area contributed by atoms with Gasteiger partial charge in [-0.2, -0.15) is 4.98 Å². The summed E-state index contributed by atoms with van der Waals surface area (Å²) >= 11 is 2.50. The molecule has 0 saturated heterocycles. The smallest absolute Gasteiger partial charge is 0.249 e. The molecule has 3 heterocycles. The Labute approximate surface area is 145 Å². The van der Waals surface area contributed by atoms with Gasteiger partial charge >= 0.3 is 0 Å². The molecule has 0 fully saturated rings. The van der Waals surface area contributed by atoms with E-state index in [4.69, 9.17) is 10.3 Å². The Bertz CT molecular complexity index is 821. The third kappa shape index (κ3) is 4.06. The first-order valence-corrected chi connectivity index (χ1v) is 8.67. The van der Waals surface area contributed by atoms with Gasteiger partial charge in [-0.25, -0.2) is 0 Å². The maximum Gasteiger partial charge on any atom is 0.249 e. The van der Waals surface area contributed by atoms with Crippen molar-refractivity contribution in [1.82, 2.24) is 30.6 Å². The lowest BCUT2D eigenvalue weighted by molar-refractivity contribution is -0.119. The average Bonchev–Trinajstić information content (AvgIpc) is 3.23. The first-order valence-electron chi connectivity index (χ1n) is 6.87. The summed E-state index contributed by atoms with van der Waals surface area (Å²) in [6, 6.07) is 3.21. The van der Waals surface area contributed by atoms with Crippen LogP contribution in [-0.2, 0) is 4.79 Å². The number of carbonyl (C=O) groups excluding carboxylic acids is 1. The largest absolute Gasteiger partial charge is 0.374 e. The molecule has 3 aromatic rings. The van der Waals surface area contributed by atoms with E-state index in [0.717, 1.165) is 5.56 Å². The fraction of sp³-hybridized carbons (Fsp3) is 0.231. The van der Waals surface area contributed by atoms with Crippen LogP contribution in [-0.4, -0.2) is 37.0 Å². The third-order valence-electron chi connectivity index (χ3n) is 2.86. The Hall–Kier alpha value is -2.53. The van der Waals surface area contributed by atoms with E-state index in [1.54, 1.807) is 25.4 Å². The summed E-state index contributed by atoms with van der Waals surface area (Å²) < 4.78 is 5.85. The van der Waals surface area contributed by atoms with E-state index in [2.05, 4.69) is 30.6 Å². The van der Waals surface area contributed by atoms with Gasteiger partial charge in [0.15, 0.2) is 4.34 Å². The minimum absolute atomic E-state index is 0.178. The molecule has 1 atom stereocenters. The number of amides is 1. The molecule has 0 bridgehead atoms. The Morgan fingerprint density at radius 2 is 2.38 bits per heavy atom. The van der Waals surface area contributed by atoms with Crippen molar-refractivity contribution in [3.05, 3.63) is 30.4 Å². The molecule has 124 valence electrons. The molecule has 3 N–H and O–H groups in total. The quantitative estimate of drug-likeness (QED) is 0.625. The van der Waals surface area contributed by atoms with Crippen LogP contribution in [0.3, 0.4) is 0 Å². The summed E-state index contributed by atoms with van der Waals surface area (Å²) in [5.74, 6) is 0.774. The van der Waals surface area contributed by atoms with Gasteiger partial charge in [0.25, 0.3) is 0 Å². The normalized spacial score (nSPS) is 12.0. The molecule has 24 heavy (non-hydrogen) atoms. The summed E-state index contributed by atoms with van der Waals surface area (Å²) in [6.45, 7) is 1.77. The maximum atomic E-state index is 12.0. The molecule has 3 rings (SSSR count). The van der Waals surface area contributed by atoms with E-state index in [0.29, 0.717) is 21.2 Å². The summed E-state index contributed by atoms with van der Waals surface area (Å²) in [5.41, 5.74) is 6.24. The number of hydrogen-bond donors (Lipinski definition) is 2. The molecule has 0 aliphatic carbocycles. The first-order chi connectivity index (χ1) is 11.6. The van der Waals surface area contributed by atoms with Crippen molar-refractivity contribution in [3.63, 3.8) is 0 Å². The lowest BCUT2D eigenvalue weighted by Crippen LogP contribution is -2.28. The van der Waals surface area contributed by atoms with Crippen LogP contribution < -0.4 is 11.1 Å². The van der Waals surface area contributed by atoms with Gasteiger partial charge in [0, 0.05) is 18.0 Å². The highest BCUT2D eigenvalue weighted by atomic mass is 32.2. The molecule has 0 spiro atoms. The fourth-order valence-electron chi connectivity index (χ4n) is 1.77. The van der Waals surface area contributed by atoms with Crippen LogP contribution in [0.1, 0.15) is 18.9 Å². The number of nitrogen functional groups attached to an aromatic ring is 1. The zero-order valence-corrected chi connectivity index (χ0v) is 14.2. The Morgan fingerprint density at radius 1 is 1.50 bits per heavy atom. The average molecular weight is 363 g/mol. The zero-order chi connectivity index (χ0) is 16.9. The van der Waals surface area contributed by atoms with Gasteiger partial charge in [0.1, 0.15) is 6.04 Å². The van der Waals surface area contributed by atoms with Crippen LogP contribution in [0.15, 0.2) is 33.4 Å². The van der Waals surface area contributed by atoms with Gasteiger partial charge in [-0.1, -0.05) is 28.3 Å². The molecule has 1 amide bonds. The minimum Gasteiger partial charge on any atom is -0.374 e. The van der Waals surface area contributed by atoms with Crippen molar-refractivity contribution in [2.75, 3.05) is 11.5 Å². The Kier molecular flexibility index (Phi) is 5.01. The number of pyridine rings is 1. The minimum atomic E-state index is -0.407. The number of nitrogens with two attached hydrogens (primary N) is 1. The number of nitrogens with one attached hydrogen (secondary N) is 1. The van der Waals surface area contributed by atoms with Gasteiger partial charge < -0.3 is 15.6 Å². The maximum absolute atomic E-state index is 12.0.